The van der Waals surface area contributed by atoms with Crippen molar-refractivity contribution in [3.8, 4) is 11.1 Å². The van der Waals surface area contributed by atoms with Crippen LogP contribution in [0.3, 0.4) is 0 Å². The van der Waals surface area contributed by atoms with Crippen LogP contribution >= 0.6 is 11.6 Å². The lowest BCUT2D eigenvalue weighted by atomic mass is 9.97. The molecule has 4 aromatic rings. The van der Waals surface area contributed by atoms with Crippen LogP contribution in [0.15, 0.2) is 114 Å². The SMILES string of the molecule is C=NCc1cc(Cl)cc(-c2ccc3c(c2)C/C=C(c2ccccn2)\C=C/CN3c2ccccc2)c1. The zero-order chi connectivity index (χ0) is 24.0. The number of halogens is 1. The molecule has 0 unspecified atom stereocenters. The summed E-state index contributed by atoms with van der Waals surface area (Å²) < 4.78 is 0. The lowest BCUT2D eigenvalue weighted by Gasteiger charge is -2.26. The third kappa shape index (κ3) is 5.26. The Balaban J connectivity index is 1.62. The predicted octanol–water partition coefficient (Wildman–Crippen LogP) is 7.94. The van der Waals surface area contributed by atoms with Gasteiger partial charge in [0.1, 0.15) is 0 Å². The maximum atomic E-state index is 6.44. The van der Waals surface area contributed by atoms with E-state index in [1.54, 1.807) is 0 Å². The molecule has 0 radical (unpaired) electrons. The summed E-state index contributed by atoms with van der Waals surface area (Å²) in [6, 6.07) is 29.3. The molecule has 1 aliphatic heterocycles. The van der Waals surface area contributed by atoms with Crippen molar-refractivity contribution in [3.05, 3.63) is 131 Å². The Morgan fingerprint density at radius 2 is 1.77 bits per heavy atom. The van der Waals surface area contributed by atoms with Gasteiger partial charge in [-0.05, 0) is 95.6 Å². The second kappa shape index (κ2) is 10.5. The first-order valence-corrected chi connectivity index (χ1v) is 12.0. The number of benzene rings is 3. The maximum absolute atomic E-state index is 6.44. The number of allylic oxidation sites excluding steroid dienone is 3. The fourth-order valence-corrected chi connectivity index (χ4v) is 4.73. The maximum Gasteiger partial charge on any atom is 0.0698 e. The van der Waals surface area contributed by atoms with Gasteiger partial charge >= 0.3 is 0 Å². The quantitative estimate of drug-likeness (QED) is 0.274. The number of pyridine rings is 1. The summed E-state index contributed by atoms with van der Waals surface area (Å²) in [6.45, 7) is 4.93. The van der Waals surface area contributed by atoms with E-state index in [-0.39, 0.29) is 0 Å². The molecule has 0 N–H and O–H groups in total. The third-order valence-corrected chi connectivity index (χ3v) is 6.33. The fourth-order valence-electron chi connectivity index (χ4n) is 4.48. The summed E-state index contributed by atoms with van der Waals surface area (Å²) in [6.07, 6.45) is 9.28. The van der Waals surface area contributed by atoms with E-state index >= 15 is 0 Å². The van der Waals surface area contributed by atoms with Crippen LogP contribution in [-0.4, -0.2) is 18.2 Å². The molecule has 3 nitrogen and oxygen atoms in total. The van der Waals surface area contributed by atoms with Crippen LogP contribution in [0.4, 0.5) is 11.4 Å². The van der Waals surface area contributed by atoms with Gasteiger partial charge in [-0.1, -0.05) is 60.2 Å². The molecule has 172 valence electrons. The van der Waals surface area contributed by atoms with Crippen molar-refractivity contribution in [3.63, 3.8) is 0 Å². The van der Waals surface area contributed by atoms with Crippen molar-refractivity contribution < 1.29 is 0 Å². The number of rotatable bonds is 5. The van der Waals surface area contributed by atoms with Gasteiger partial charge in [-0.3, -0.25) is 9.98 Å². The van der Waals surface area contributed by atoms with Crippen LogP contribution in [0, 0.1) is 0 Å². The molecule has 0 aliphatic carbocycles. The van der Waals surface area contributed by atoms with Gasteiger partial charge in [0.15, 0.2) is 0 Å². The number of anilines is 2. The van der Waals surface area contributed by atoms with Crippen molar-refractivity contribution in [2.75, 3.05) is 11.4 Å². The highest BCUT2D eigenvalue weighted by Gasteiger charge is 2.15. The van der Waals surface area contributed by atoms with Crippen molar-refractivity contribution in [2.45, 2.75) is 13.0 Å². The zero-order valence-corrected chi connectivity index (χ0v) is 20.2. The highest BCUT2D eigenvalue weighted by molar-refractivity contribution is 6.31. The van der Waals surface area contributed by atoms with Gasteiger partial charge in [-0.25, -0.2) is 0 Å². The Morgan fingerprint density at radius 3 is 2.57 bits per heavy atom. The van der Waals surface area contributed by atoms with Crippen LogP contribution in [0.2, 0.25) is 5.02 Å². The third-order valence-electron chi connectivity index (χ3n) is 6.11. The summed E-state index contributed by atoms with van der Waals surface area (Å²) in [7, 11) is 0. The van der Waals surface area contributed by atoms with Gasteiger partial charge < -0.3 is 4.90 Å². The Hall–Kier alpha value is -3.95. The smallest absolute Gasteiger partial charge is 0.0698 e. The van der Waals surface area contributed by atoms with Crippen LogP contribution in [0.1, 0.15) is 16.8 Å². The number of nitrogens with zero attached hydrogens (tertiary/aromatic N) is 3. The topological polar surface area (TPSA) is 28.5 Å². The number of hydrogen-bond donors (Lipinski definition) is 0. The lowest BCUT2D eigenvalue weighted by molar-refractivity contribution is 1.07. The summed E-state index contributed by atoms with van der Waals surface area (Å²) in [5, 5.41) is 0.706. The normalized spacial score (nSPS) is 15.7. The van der Waals surface area contributed by atoms with Gasteiger partial charge in [0.2, 0.25) is 0 Å². The van der Waals surface area contributed by atoms with E-state index in [9.17, 15) is 0 Å². The minimum atomic E-state index is 0.544. The van der Waals surface area contributed by atoms with Gasteiger partial charge in [0.25, 0.3) is 0 Å². The summed E-state index contributed by atoms with van der Waals surface area (Å²) in [5.74, 6) is 0. The first-order valence-electron chi connectivity index (χ1n) is 11.7. The zero-order valence-electron chi connectivity index (χ0n) is 19.4. The highest BCUT2D eigenvalue weighted by atomic mass is 35.5. The van der Waals surface area contributed by atoms with Crippen LogP contribution in [0.25, 0.3) is 16.7 Å². The minimum absolute atomic E-state index is 0.544. The molecule has 4 heteroatoms. The fraction of sp³-hybridized carbons (Fsp3) is 0.0968. The molecule has 0 amide bonds. The molecule has 1 aliphatic rings. The van der Waals surface area contributed by atoms with Crippen molar-refractivity contribution >= 4 is 35.3 Å². The molecule has 5 rings (SSSR count). The Morgan fingerprint density at radius 1 is 0.914 bits per heavy atom. The van der Waals surface area contributed by atoms with E-state index in [1.807, 2.05) is 30.5 Å². The number of aliphatic imine (C=N–C) groups is 1. The van der Waals surface area contributed by atoms with Gasteiger partial charge in [-0.2, -0.15) is 0 Å². The second-order valence-electron chi connectivity index (χ2n) is 8.50. The van der Waals surface area contributed by atoms with Crippen molar-refractivity contribution in [2.24, 2.45) is 4.99 Å². The van der Waals surface area contributed by atoms with Crippen molar-refractivity contribution in [1.82, 2.24) is 4.98 Å². The lowest BCUT2D eigenvalue weighted by Crippen LogP contribution is -2.18. The molecule has 0 saturated carbocycles. The van der Waals surface area contributed by atoms with E-state index in [2.05, 4.69) is 100 Å². The standard InChI is InChI=1S/C31H26ClN3/c1-33-22-23-18-27(21-28(32)19-23)25-14-15-31-26(20-25)13-12-24(30-11-5-6-16-34-30)8-7-17-35(31)29-9-3-2-4-10-29/h2-12,14-16,18-21H,1,13,17,22H2/b8-7-,24-12+. The van der Waals surface area contributed by atoms with Gasteiger partial charge in [-0.15, -0.1) is 0 Å². The summed E-state index contributed by atoms with van der Waals surface area (Å²) in [5.41, 5.74) is 8.96. The van der Waals surface area contributed by atoms with E-state index in [0.29, 0.717) is 11.6 Å². The molecule has 1 aromatic heterocycles. The number of hydrogen-bond acceptors (Lipinski definition) is 3. The number of aromatic nitrogens is 1. The molecule has 0 saturated heterocycles. The van der Waals surface area contributed by atoms with Gasteiger partial charge in [0, 0.05) is 29.1 Å². The van der Waals surface area contributed by atoms with Gasteiger partial charge in [0.05, 0.1) is 12.2 Å². The highest BCUT2D eigenvalue weighted by Crippen LogP contribution is 2.35. The van der Waals surface area contributed by atoms with Crippen LogP contribution in [-0.2, 0) is 13.0 Å². The first-order chi connectivity index (χ1) is 17.2. The molecular weight excluding hydrogens is 450 g/mol. The number of para-hydroxylation sites is 1. The first kappa shape index (κ1) is 22.8. The van der Waals surface area contributed by atoms with Crippen molar-refractivity contribution in [1.29, 1.82) is 0 Å². The predicted molar refractivity (Wildman–Crippen MR) is 149 cm³/mol. The average Bonchev–Trinajstić information content (AvgIpc) is 2.98. The summed E-state index contributed by atoms with van der Waals surface area (Å²) in [4.78, 5) is 11.0. The van der Waals surface area contributed by atoms with E-state index in [1.165, 1.54) is 11.3 Å². The minimum Gasteiger partial charge on any atom is -0.337 e. The molecule has 2 heterocycles. The molecule has 0 spiro atoms. The summed E-state index contributed by atoms with van der Waals surface area (Å²) >= 11 is 6.44. The molecule has 35 heavy (non-hydrogen) atoms. The average molecular weight is 476 g/mol. The van der Waals surface area contributed by atoms with Crippen LogP contribution < -0.4 is 4.90 Å². The second-order valence-corrected chi connectivity index (χ2v) is 8.94. The number of fused-ring (bicyclic) bond motifs is 1. The molecule has 0 bridgehead atoms. The van der Waals surface area contributed by atoms with E-state index < -0.39 is 0 Å². The largest absolute Gasteiger partial charge is 0.337 e. The van der Waals surface area contributed by atoms with E-state index in [4.69, 9.17) is 11.6 Å². The Bertz CT molecular complexity index is 1390. The molecule has 0 atom stereocenters. The monoisotopic (exact) mass is 475 g/mol. The molecule has 0 fully saturated rings. The Labute approximate surface area is 211 Å². The Kier molecular flexibility index (Phi) is 6.87. The van der Waals surface area contributed by atoms with Crippen LogP contribution in [0.5, 0.6) is 0 Å². The molecule has 3 aromatic carbocycles. The molecular formula is C31H26ClN3. The van der Waals surface area contributed by atoms with E-state index in [0.717, 1.165) is 46.6 Å².